The Balaban J connectivity index is 1.32. The summed E-state index contributed by atoms with van der Waals surface area (Å²) in [6, 6.07) is 12.6. The van der Waals surface area contributed by atoms with Gasteiger partial charge in [0.05, 0.1) is 6.20 Å². The predicted octanol–water partition coefficient (Wildman–Crippen LogP) is 6.52. The van der Waals surface area contributed by atoms with Crippen LogP contribution in [0.1, 0.15) is 45.1 Å². The number of fused-ring (bicyclic) bond motifs is 1. The fraction of sp³-hybridized carbons (Fsp3) is 0.345. The van der Waals surface area contributed by atoms with Crippen molar-refractivity contribution in [2.24, 2.45) is 12.5 Å². The van der Waals surface area contributed by atoms with Gasteiger partial charge in [0.1, 0.15) is 11.6 Å². The molecule has 0 amide bonds. The zero-order valence-electron chi connectivity index (χ0n) is 21.0. The highest BCUT2D eigenvalue weighted by atomic mass is 15.2. The molecule has 180 valence electrons. The number of hydrogen-bond donors (Lipinski definition) is 1. The Morgan fingerprint density at radius 3 is 2.49 bits per heavy atom. The van der Waals surface area contributed by atoms with Crippen molar-refractivity contribution in [1.82, 2.24) is 19.7 Å². The number of nitrogens with zero attached hydrogens (tertiary/aromatic N) is 5. The van der Waals surface area contributed by atoms with Crippen molar-refractivity contribution in [2.45, 2.75) is 39.5 Å². The van der Waals surface area contributed by atoms with Crippen LogP contribution in [0, 0.1) is 5.41 Å². The van der Waals surface area contributed by atoms with E-state index in [-0.39, 0.29) is 0 Å². The van der Waals surface area contributed by atoms with Gasteiger partial charge in [0.15, 0.2) is 0 Å². The van der Waals surface area contributed by atoms with E-state index in [1.54, 1.807) is 0 Å². The first kappa shape index (κ1) is 23.1. The van der Waals surface area contributed by atoms with Crippen molar-refractivity contribution in [3.05, 3.63) is 73.3 Å². The first-order valence-corrected chi connectivity index (χ1v) is 12.5. The highest BCUT2D eigenvalue weighted by Crippen LogP contribution is 2.39. The van der Waals surface area contributed by atoms with Crippen LogP contribution in [0.25, 0.3) is 27.6 Å². The van der Waals surface area contributed by atoms with Gasteiger partial charge in [-0.05, 0) is 53.5 Å². The first-order chi connectivity index (χ1) is 17.0. The van der Waals surface area contributed by atoms with Gasteiger partial charge in [0.2, 0.25) is 0 Å². The summed E-state index contributed by atoms with van der Waals surface area (Å²) in [7, 11) is 1.93. The molecule has 0 aliphatic carbocycles. The quantitative estimate of drug-likeness (QED) is 0.336. The Hall–Kier alpha value is -3.67. The fourth-order valence-electron chi connectivity index (χ4n) is 5.13. The van der Waals surface area contributed by atoms with E-state index in [9.17, 15) is 0 Å². The lowest BCUT2D eigenvalue weighted by atomic mass is 9.74. The molecule has 0 radical (unpaired) electrons. The number of hydrogen-bond acceptors (Lipinski definition) is 5. The SMILES string of the molecule is C=C(Nc1cc2cc(-c3cnn(C)c3)ccc2cn1)c1ccnc(N2CCC(CC)(CC)CC2)c1. The van der Waals surface area contributed by atoms with E-state index in [4.69, 9.17) is 0 Å². The van der Waals surface area contributed by atoms with Gasteiger partial charge in [0.25, 0.3) is 0 Å². The van der Waals surface area contributed by atoms with Crippen LogP contribution < -0.4 is 10.2 Å². The van der Waals surface area contributed by atoms with E-state index in [0.29, 0.717) is 5.41 Å². The smallest absolute Gasteiger partial charge is 0.130 e. The number of benzene rings is 1. The first-order valence-electron chi connectivity index (χ1n) is 12.5. The van der Waals surface area contributed by atoms with Gasteiger partial charge < -0.3 is 10.2 Å². The molecule has 35 heavy (non-hydrogen) atoms. The van der Waals surface area contributed by atoms with Crippen molar-refractivity contribution < 1.29 is 0 Å². The maximum Gasteiger partial charge on any atom is 0.130 e. The van der Waals surface area contributed by atoms with E-state index >= 15 is 0 Å². The minimum absolute atomic E-state index is 0.498. The fourth-order valence-corrected chi connectivity index (χ4v) is 5.13. The third-order valence-electron chi connectivity index (χ3n) is 7.78. The van der Waals surface area contributed by atoms with Crippen molar-refractivity contribution in [1.29, 1.82) is 0 Å². The Morgan fingerprint density at radius 2 is 1.77 bits per heavy atom. The zero-order chi connectivity index (χ0) is 24.4. The summed E-state index contributed by atoms with van der Waals surface area (Å²) < 4.78 is 1.82. The number of rotatable bonds is 7. The summed E-state index contributed by atoms with van der Waals surface area (Å²) in [4.78, 5) is 11.7. The monoisotopic (exact) mass is 466 g/mol. The zero-order valence-corrected chi connectivity index (χ0v) is 21.0. The molecule has 4 heterocycles. The largest absolute Gasteiger partial charge is 0.357 e. The van der Waals surface area contributed by atoms with Gasteiger partial charge in [0, 0.05) is 60.9 Å². The average molecular weight is 467 g/mol. The van der Waals surface area contributed by atoms with Gasteiger partial charge in [-0.3, -0.25) is 4.68 Å². The minimum Gasteiger partial charge on any atom is -0.357 e. The molecular weight excluding hydrogens is 432 g/mol. The number of aromatic nitrogens is 4. The Bertz CT molecular complexity index is 1340. The summed E-state index contributed by atoms with van der Waals surface area (Å²) in [6.07, 6.45) is 12.7. The average Bonchev–Trinajstić information content (AvgIpc) is 3.34. The molecule has 1 aromatic carbocycles. The van der Waals surface area contributed by atoms with Crippen LogP contribution in [0.3, 0.4) is 0 Å². The maximum atomic E-state index is 4.67. The van der Waals surface area contributed by atoms with Gasteiger partial charge in [-0.15, -0.1) is 0 Å². The van der Waals surface area contributed by atoms with Crippen molar-refractivity contribution in [3.63, 3.8) is 0 Å². The maximum absolute atomic E-state index is 4.67. The molecule has 1 aliphatic rings. The molecule has 1 saturated heterocycles. The lowest BCUT2D eigenvalue weighted by Gasteiger charge is -2.41. The number of nitrogens with one attached hydrogen (secondary N) is 1. The molecule has 1 fully saturated rings. The molecule has 0 spiro atoms. The second-order valence-corrected chi connectivity index (χ2v) is 9.73. The summed E-state index contributed by atoms with van der Waals surface area (Å²) >= 11 is 0. The van der Waals surface area contributed by atoms with E-state index in [2.05, 4.69) is 76.0 Å². The molecule has 1 N–H and O–H groups in total. The van der Waals surface area contributed by atoms with E-state index < -0.39 is 0 Å². The van der Waals surface area contributed by atoms with Crippen LogP contribution in [-0.2, 0) is 7.05 Å². The van der Waals surface area contributed by atoms with Gasteiger partial charge in [-0.2, -0.15) is 5.10 Å². The van der Waals surface area contributed by atoms with Crippen LogP contribution in [0.2, 0.25) is 0 Å². The molecule has 6 nitrogen and oxygen atoms in total. The highest BCUT2D eigenvalue weighted by Gasteiger charge is 2.31. The van der Waals surface area contributed by atoms with E-state index in [1.165, 1.54) is 25.7 Å². The summed E-state index contributed by atoms with van der Waals surface area (Å²) in [5.41, 5.74) is 4.58. The number of aryl methyl sites for hydroxylation is 1. The predicted molar refractivity (Wildman–Crippen MR) is 145 cm³/mol. The third-order valence-corrected chi connectivity index (χ3v) is 7.78. The molecular formula is C29H34N6. The van der Waals surface area contributed by atoms with E-state index in [1.807, 2.05) is 42.6 Å². The summed E-state index contributed by atoms with van der Waals surface area (Å²) in [5.74, 6) is 1.80. The summed E-state index contributed by atoms with van der Waals surface area (Å²) in [5, 5.41) is 9.92. The number of piperidine rings is 1. The molecule has 0 saturated carbocycles. The molecule has 0 bridgehead atoms. The number of anilines is 2. The molecule has 0 unspecified atom stereocenters. The van der Waals surface area contributed by atoms with Crippen LogP contribution >= 0.6 is 0 Å². The highest BCUT2D eigenvalue weighted by molar-refractivity contribution is 5.89. The lowest BCUT2D eigenvalue weighted by Crippen LogP contribution is -2.40. The van der Waals surface area contributed by atoms with Crippen LogP contribution in [-0.4, -0.2) is 32.8 Å². The Labute approximate surface area is 207 Å². The van der Waals surface area contributed by atoms with E-state index in [0.717, 1.165) is 57.9 Å². The Kier molecular flexibility index (Phi) is 6.29. The van der Waals surface area contributed by atoms with Gasteiger partial charge in [-0.25, -0.2) is 9.97 Å². The standard InChI is InChI=1S/C29H34N6/c1-5-29(6-2)10-13-35(14-11-29)28-17-22(9-12-30-28)21(3)33-27-16-25-15-23(7-8-24(25)18-31-27)26-19-32-34(4)20-26/h7-9,12,15-20H,3,5-6,10-11,13-14H2,1-2,4H3,(H,31,33). The van der Waals surface area contributed by atoms with Crippen molar-refractivity contribution >= 4 is 28.1 Å². The Morgan fingerprint density at radius 1 is 0.971 bits per heavy atom. The molecule has 3 aromatic heterocycles. The van der Waals surface area contributed by atoms with Crippen LogP contribution in [0.15, 0.2) is 67.8 Å². The molecule has 6 heteroatoms. The molecule has 5 rings (SSSR count). The van der Waals surface area contributed by atoms with Gasteiger partial charge in [-0.1, -0.05) is 45.4 Å². The lowest BCUT2D eigenvalue weighted by molar-refractivity contribution is 0.199. The minimum atomic E-state index is 0.498. The molecule has 1 aliphatic heterocycles. The van der Waals surface area contributed by atoms with Crippen molar-refractivity contribution in [3.8, 4) is 11.1 Å². The number of pyridine rings is 2. The normalized spacial score (nSPS) is 15.3. The third kappa shape index (κ3) is 4.78. The van der Waals surface area contributed by atoms with Gasteiger partial charge >= 0.3 is 0 Å². The second kappa shape index (κ2) is 9.53. The molecule has 4 aromatic rings. The van der Waals surface area contributed by atoms with Crippen LogP contribution in [0.5, 0.6) is 0 Å². The summed E-state index contributed by atoms with van der Waals surface area (Å²) in [6.45, 7) is 11.1. The van der Waals surface area contributed by atoms with Crippen molar-refractivity contribution in [2.75, 3.05) is 23.3 Å². The molecule has 0 atom stereocenters. The second-order valence-electron chi connectivity index (χ2n) is 9.73. The topological polar surface area (TPSA) is 58.9 Å². The van der Waals surface area contributed by atoms with Crippen LogP contribution in [0.4, 0.5) is 11.6 Å².